The summed E-state index contributed by atoms with van der Waals surface area (Å²) in [7, 11) is 0. The second-order valence-corrected chi connectivity index (χ2v) is 12.0. The number of carbonyl (C=O) groups excluding carboxylic acids is 1. The van der Waals surface area contributed by atoms with Crippen molar-refractivity contribution in [3.05, 3.63) is 64.7 Å². The number of nitrogens with one attached hydrogen (secondary N) is 1. The molecule has 0 bridgehead atoms. The molecule has 4 heteroatoms. The van der Waals surface area contributed by atoms with Gasteiger partial charge in [0.05, 0.1) is 6.54 Å². The molecule has 0 radical (unpaired) electrons. The van der Waals surface area contributed by atoms with Gasteiger partial charge in [0.25, 0.3) is 0 Å². The number of likely N-dealkylation sites (tertiary alicyclic amines) is 1. The van der Waals surface area contributed by atoms with E-state index >= 15 is 0 Å². The zero-order valence-corrected chi connectivity index (χ0v) is 22.0. The molecular weight excluding hydrogens is 420 g/mol. The summed E-state index contributed by atoms with van der Waals surface area (Å²) in [5.74, 6) is 1.42. The summed E-state index contributed by atoms with van der Waals surface area (Å²) in [6.07, 6.45) is 2.98. The van der Waals surface area contributed by atoms with Crippen LogP contribution < -0.4 is 0 Å². The number of Topliss-reactive ketones (excluding diaryl/α,β-unsaturated/α-hetero) is 1. The summed E-state index contributed by atoms with van der Waals surface area (Å²) >= 11 is 0. The van der Waals surface area contributed by atoms with E-state index in [0.29, 0.717) is 17.3 Å². The van der Waals surface area contributed by atoms with E-state index in [9.17, 15) is 9.90 Å². The van der Waals surface area contributed by atoms with Crippen molar-refractivity contribution in [2.75, 3.05) is 13.1 Å². The number of ketones is 1. The Balaban J connectivity index is 1.88. The van der Waals surface area contributed by atoms with E-state index in [1.165, 1.54) is 5.56 Å². The molecule has 2 aromatic rings. The zero-order chi connectivity index (χ0) is 25.3. The van der Waals surface area contributed by atoms with Crippen LogP contribution in [0.5, 0.6) is 5.75 Å². The van der Waals surface area contributed by atoms with E-state index in [4.69, 9.17) is 5.41 Å². The summed E-state index contributed by atoms with van der Waals surface area (Å²) in [5, 5.41) is 19.9. The van der Waals surface area contributed by atoms with Crippen LogP contribution in [0, 0.1) is 17.2 Å². The summed E-state index contributed by atoms with van der Waals surface area (Å²) in [6.45, 7) is 15.5. The highest BCUT2D eigenvalue weighted by molar-refractivity contribution is 6.01. The standard InChI is InChI=1S/C30H42N2O2/c1-8-12-21-18-32(28(31)23(21)15-20-13-10-9-11-14-20)19-26(33)22-16-24(29(2,3)4)27(34)25(17-22)30(5,6)7/h9-11,13-14,16-17,21,23,31,34H,8,12,15,18-19H2,1-7H3/t21-,23+/m0/s1. The van der Waals surface area contributed by atoms with Crippen molar-refractivity contribution in [2.45, 2.75) is 78.6 Å². The predicted octanol–water partition coefficient (Wildman–Crippen LogP) is 6.74. The van der Waals surface area contributed by atoms with Crippen LogP contribution in [0.1, 0.15) is 88.4 Å². The number of nitrogens with zero attached hydrogens (tertiary/aromatic N) is 1. The molecule has 2 aromatic carbocycles. The third kappa shape index (κ3) is 5.71. The first-order chi connectivity index (χ1) is 15.8. The second-order valence-electron chi connectivity index (χ2n) is 12.0. The van der Waals surface area contributed by atoms with E-state index in [1.54, 1.807) is 0 Å². The molecule has 0 aromatic heterocycles. The van der Waals surface area contributed by atoms with Crippen molar-refractivity contribution in [3.8, 4) is 5.75 Å². The van der Waals surface area contributed by atoms with Crippen LogP contribution in [0.4, 0.5) is 0 Å². The van der Waals surface area contributed by atoms with Crippen LogP contribution in [0.25, 0.3) is 0 Å². The lowest BCUT2D eigenvalue weighted by Gasteiger charge is -2.28. The average molecular weight is 463 g/mol. The molecule has 1 saturated heterocycles. The minimum absolute atomic E-state index is 0.0105. The molecule has 184 valence electrons. The molecule has 3 rings (SSSR count). The fourth-order valence-electron chi connectivity index (χ4n) is 5.11. The van der Waals surface area contributed by atoms with Crippen LogP contribution in [0.3, 0.4) is 0 Å². The highest BCUT2D eigenvalue weighted by Crippen LogP contribution is 2.40. The fraction of sp³-hybridized carbons (Fsp3) is 0.533. The van der Waals surface area contributed by atoms with Gasteiger partial charge in [-0.05, 0) is 47.3 Å². The number of benzene rings is 2. The summed E-state index contributed by atoms with van der Waals surface area (Å²) in [6, 6.07) is 14.1. The monoisotopic (exact) mass is 462 g/mol. The third-order valence-electron chi connectivity index (χ3n) is 7.06. The lowest BCUT2D eigenvalue weighted by atomic mass is 9.78. The van der Waals surface area contributed by atoms with Crippen molar-refractivity contribution in [1.29, 1.82) is 5.41 Å². The maximum absolute atomic E-state index is 13.5. The molecule has 0 saturated carbocycles. The smallest absolute Gasteiger partial charge is 0.182 e. The lowest BCUT2D eigenvalue weighted by Crippen LogP contribution is -2.33. The Morgan fingerprint density at radius 1 is 1.03 bits per heavy atom. The number of carbonyl (C=O) groups is 1. The minimum atomic E-state index is -0.284. The summed E-state index contributed by atoms with van der Waals surface area (Å²) < 4.78 is 0. The zero-order valence-electron chi connectivity index (χ0n) is 22.0. The summed E-state index contributed by atoms with van der Waals surface area (Å²) in [4.78, 5) is 15.5. The Morgan fingerprint density at radius 3 is 2.09 bits per heavy atom. The van der Waals surface area contributed by atoms with Gasteiger partial charge in [0.15, 0.2) is 5.78 Å². The number of hydrogen-bond donors (Lipinski definition) is 2. The van der Waals surface area contributed by atoms with Gasteiger partial charge >= 0.3 is 0 Å². The molecule has 34 heavy (non-hydrogen) atoms. The molecule has 1 fully saturated rings. The van der Waals surface area contributed by atoms with Crippen LogP contribution in [-0.2, 0) is 17.3 Å². The largest absolute Gasteiger partial charge is 0.507 e. The van der Waals surface area contributed by atoms with Crippen molar-refractivity contribution < 1.29 is 9.90 Å². The molecule has 0 unspecified atom stereocenters. The molecule has 1 aliphatic rings. The molecule has 4 nitrogen and oxygen atoms in total. The van der Waals surface area contributed by atoms with Gasteiger partial charge in [0, 0.05) is 29.2 Å². The van der Waals surface area contributed by atoms with Gasteiger partial charge in [-0.1, -0.05) is 85.2 Å². The van der Waals surface area contributed by atoms with E-state index in [2.05, 4.69) is 72.7 Å². The SMILES string of the molecule is CCC[C@H]1CN(CC(=O)c2cc(C(C)(C)C)c(O)c(C(C)(C)C)c2)C(=N)[C@@H]1Cc1ccccc1. The molecule has 0 amide bonds. The van der Waals surface area contributed by atoms with Gasteiger partial charge < -0.3 is 10.0 Å². The first-order valence-corrected chi connectivity index (χ1v) is 12.6. The highest BCUT2D eigenvalue weighted by Gasteiger charge is 2.38. The maximum Gasteiger partial charge on any atom is 0.182 e. The Bertz CT molecular complexity index is 993. The quantitative estimate of drug-likeness (QED) is 0.448. The number of aromatic hydroxyl groups is 1. The van der Waals surface area contributed by atoms with Crippen LogP contribution in [0.15, 0.2) is 42.5 Å². The van der Waals surface area contributed by atoms with Gasteiger partial charge in [-0.2, -0.15) is 0 Å². The third-order valence-corrected chi connectivity index (χ3v) is 7.06. The van der Waals surface area contributed by atoms with E-state index < -0.39 is 0 Å². The molecular formula is C30H42N2O2. The Kier molecular flexibility index (Phi) is 7.59. The fourth-order valence-corrected chi connectivity index (χ4v) is 5.11. The molecule has 0 aliphatic carbocycles. The van der Waals surface area contributed by atoms with Gasteiger partial charge in [0.2, 0.25) is 0 Å². The molecule has 1 aliphatic heterocycles. The Hall–Kier alpha value is -2.62. The van der Waals surface area contributed by atoms with Crippen LogP contribution >= 0.6 is 0 Å². The molecule has 1 heterocycles. The van der Waals surface area contributed by atoms with Crippen molar-refractivity contribution in [2.24, 2.45) is 11.8 Å². The maximum atomic E-state index is 13.5. The Morgan fingerprint density at radius 2 is 1.59 bits per heavy atom. The molecule has 0 spiro atoms. The first kappa shape index (κ1) is 26.0. The molecule has 2 N–H and O–H groups in total. The van der Waals surface area contributed by atoms with Crippen molar-refractivity contribution in [1.82, 2.24) is 4.90 Å². The summed E-state index contributed by atoms with van der Waals surface area (Å²) in [5.41, 5.74) is 2.89. The average Bonchev–Trinajstić information content (AvgIpc) is 3.02. The van der Waals surface area contributed by atoms with Gasteiger partial charge in [-0.25, -0.2) is 0 Å². The first-order valence-electron chi connectivity index (χ1n) is 12.6. The Labute approximate surface area is 205 Å². The van der Waals surface area contributed by atoms with Gasteiger partial charge in [-0.15, -0.1) is 0 Å². The minimum Gasteiger partial charge on any atom is -0.507 e. The lowest BCUT2D eigenvalue weighted by molar-refractivity contribution is 0.0963. The van der Waals surface area contributed by atoms with Crippen molar-refractivity contribution in [3.63, 3.8) is 0 Å². The van der Waals surface area contributed by atoms with Gasteiger partial charge in [-0.3, -0.25) is 10.2 Å². The highest BCUT2D eigenvalue weighted by atomic mass is 16.3. The molecule has 2 atom stereocenters. The topological polar surface area (TPSA) is 64.4 Å². The number of phenols is 1. The number of phenolic OH excluding ortho intramolecular Hbond substituents is 1. The number of rotatable bonds is 7. The van der Waals surface area contributed by atoms with Crippen LogP contribution in [0.2, 0.25) is 0 Å². The normalized spacial score (nSPS) is 19.0. The number of amidine groups is 1. The van der Waals surface area contributed by atoms with Crippen molar-refractivity contribution >= 4 is 11.6 Å². The van der Waals surface area contributed by atoms with E-state index in [0.717, 1.165) is 36.9 Å². The van der Waals surface area contributed by atoms with Gasteiger partial charge in [0.1, 0.15) is 11.6 Å². The van der Waals surface area contributed by atoms with E-state index in [-0.39, 0.29) is 34.8 Å². The second kappa shape index (κ2) is 9.93. The van der Waals surface area contributed by atoms with E-state index in [1.807, 2.05) is 23.1 Å². The predicted molar refractivity (Wildman–Crippen MR) is 141 cm³/mol. The van der Waals surface area contributed by atoms with Crippen LogP contribution in [-0.4, -0.2) is 34.7 Å². The number of hydrogen-bond acceptors (Lipinski definition) is 3.